The SMILES string of the molecule is C[C@H](CSSC(C)(C)[C@H](C)C(=O)O)C(=O)O. The molecule has 6 heteroatoms. The third kappa shape index (κ3) is 5.12. The van der Waals surface area contributed by atoms with Crippen LogP contribution in [0.5, 0.6) is 0 Å². The van der Waals surface area contributed by atoms with Crippen molar-refractivity contribution in [2.45, 2.75) is 32.4 Å². The fourth-order valence-corrected chi connectivity index (χ4v) is 3.85. The molecule has 0 aliphatic heterocycles. The second-order valence-electron chi connectivity index (χ2n) is 4.27. The molecule has 0 unspecified atom stereocenters. The Morgan fingerprint density at radius 1 is 1.19 bits per heavy atom. The van der Waals surface area contributed by atoms with E-state index in [1.807, 2.05) is 13.8 Å². The Labute approximate surface area is 104 Å². The van der Waals surface area contributed by atoms with Gasteiger partial charge in [-0.25, -0.2) is 0 Å². The first-order chi connectivity index (χ1) is 7.18. The molecular formula is C10H18O4S2. The lowest BCUT2D eigenvalue weighted by Crippen LogP contribution is -2.31. The summed E-state index contributed by atoms with van der Waals surface area (Å²) >= 11 is 0. The van der Waals surface area contributed by atoms with Gasteiger partial charge in [0, 0.05) is 10.5 Å². The van der Waals surface area contributed by atoms with Crippen molar-refractivity contribution in [2.75, 3.05) is 5.75 Å². The van der Waals surface area contributed by atoms with E-state index in [9.17, 15) is 9.59 Å². The number of carboxylic acids is 2. The normalized spacial score (nSPS) is 15.5. The first-order valence-electron chi connectivity index (χ1n) is 4.94. The average Bonchev–Trinajstić information content (AvgIpc) is 2.15. The van der Waals surface area contributed by atoms with Gasteiger partial charge < -0.3 is 10.2 Å². The average molecular weight is 266 g/mol. The van der Waals surface area contributed by atoms with E-state index in [2.05, 4.69) is 0 Å². The number of carbonyl (C=O) groups is 2. The van der Waals surface area contributed by atoms with Crippen molar-refractivity contribution in [1.82, 2.24) is 0 Å². The van der Waals surface area contributed by atoms with Gasteiger partial charge in [-0.2, -0.15) is 0 Å². The first-order valence-corrected chi connectivity index (χ1v) is 7.26. The van der Waals surface area contributed by atoms with Crippen LogP contribution in [-0.2, 0) is 9.59 Å². The standard InChI is InChI=1S/C10H18O4S2/c1-6(8(11)12)5-15-16-10(3,4)7(2)9(13)14/h6-7H,5H2,1-4H3,(H,11,12)(H,13,14)/t6-,7-/m1/s1. The van der Waals surface area contributed by atoms with Gasteiger partial charge in [-0.05, 0) is 13.8 Å². The Morgan fingerprint density at radius 2 is 1.69 bits per heavy atom. The van der Waals surface area contributed by atoms with Gasteiger partial charge in [-0.3, -0.25) is 9.59 Å². The highest BCUT2D eigenvalue weighted by Gasteiger charge is 2.32. The van der Waals surface area contributed by atoms with Gasteiger partial charge in [0.15, 0.2) is 0 Å². The molecule has 0 saturated carbocycles. The minimum absolute atomic E-state index is 0.408. The molecule has 0 spiro atoms. The van der Waals surface area contributed by atoms with E-state index in [0.29, 0.717) is 5.75 Å². The topological polar surface area (TPSA) is 74.6 Å². The quantitative estimate of drug-likeness (QED) is 0.690. The van der Waals surface area contributed by atoms with Gasteiger partial charge in [-0.15, -0.1) is 0 Å². The number of hydrogen-bond acceptors (Lipinski definition) is 4. The largest absolute Gasteiger partial charge is 0.481 e. The lowest BCUT2D eigenvalue weighted by molar-refractivity contribution is -0.142. The fourth-order valence-electron chi connectivity index (χ4n) is 0.729. The summed E-state index contributed by atoms with van der Waals surface area (Å²) in [4.78, 5) is 21.4. The maximum absolute atomic E-state index is 10.8. The van der Waals surface area contributed by atoms with Crippen LogP contribution in [0.4, 0.5) is 0 Å². The van der Waals surface area contributed by atoms with E-state index in [-0.39, 0.29) is 0 Å². The van der Waals surface area contributed by atoms with Gasteiger partial charge in [-0.1, -0.05) is 35.4 Å². The van der Waals surface area contributed by atoms with Crippen LogP contribution in [0.25, 0.3) is 0 Å². The van der Waals surface area contributed by atoms with Gasteiger partial charge in [0.25, 0.3) is 0 Å². The first kappa shape index (κ1) is 15.6. The highest BCUT2D eigenvalue weighted by atomic mass is 33.1. The maximum Gasteiger partial charge on any atom is 0.307 e. The molecule has 94 valence electrons. The number of aliphatic carboxylic acids is 2. The molecule has 0 radical (unpaired) electrons. The molecule has 0 heterocycles. The van der Waals surface area contributed by atoms with Crippen molar-refractivity contribution >= 4 is 33.5 Å². The zero-order chi connectivity index (χ0) is 12.9. The molecule has 0 saturated heterocycles. The van der Waals surface area contributed by atoms with Crippen LogP contribution in [0.1, 0.15) is 27.7 Å². The lowest BCUT2D eigenvalue weighted by atomic mass is 9.97. The molecule has 0 aliphatic rings. The second kappa shape index (κ2) is 6.39. The van der Waals surface area contributed by atoms with E-state index in [4.69, 9.17) is 10.2 Å². The van der Waals surface area contributed by atoms with Gasteiger partial charge >= 0.3 is 11.9 Å². The van der Waals surface area contributed by atoms with E-state index in [1.54, 1.807) is 13.8 Å². The summed E-state index contributed by atoms with van der Waals surface area (Å²) in [5.74, 6) is -2.05. The fraction of sp³-hybridized carbons (Fsp3) is 0.800. The monoisotopic (exact) mass is 266 g/mol. The summed E-state index contributed by atoms with van der Waals surface area (Å²) in [7, 11) is 2.85. The molecule has 0 aromatic heterocycles. The maximum atomic E-state index is 10.8. The van der Waals surface area contributed by atoms with Crippen molar-refractivity contribution < 1.29 is 19.8 Å². The van der Waals surface area contributed by atoms with Crippen LogP contribution < -0.4 is 0 Å². The van der Waals surface area contributed by atoms with Gasteiger partial charge in [0.2, 0.25) is 0 Å². The third-order valence-corrected chi connectivity index (χ3v) is 6.01. The minimum atomic E-state index is -0.829. The van der Waals surface area contributed by atoms with E-state index >= 15 is 0 Å². The summed E-state index contributed by atoms with van der Waals surface area (Å²) in [6, 6.07) is 0. The van der Waals surface area contributed by atoms with Crippen LogP contribution in [-0.4, -0.2) is 32.7 Å². The summed E-state index contributed by atoms with van der Waals surface area (Å²) < 4.78 is -0.408. The Bertz CT molecular complexity index is 266. The van der Waals surface area contributed by atoms with Crippen molar-refractivity contribution in [3.63, 3.8) is 0 Å². The van der Waals surface area contributed by atoms with Crippen molar-refractivity contribution in [1.29, 1.82) is 0 Å². The Kier molecular flexibility index (Phi) is 6.25. The minimum Gasteiger partial charge on any atom is -0.481 e. The molecule has 0 aromatic rings. The zero-order valence-corrected chi connectivity index (χ0v) is 11.5. The summed E-state index contributed by atoms with van der Waals surface area (Å²) in [6.45, 7) is 7.02. The molecule has 0 fully saturated rings. The molecule has 0 aliphatic carbocycles. The second-order valence-corrected chi connectivity index (χ2v) is 7.27. The van der Waals surface area contributed by atoms with Crippen LogP contribution in [0.3, 0.4) is 0 Å². The van der Waals surface area contributed by atoms with E-state index in [1.165, 1.54) is 21.6 Å². The number of rotatable bonds is 7. The molecule has 0 aromatic carbocycles. The molecule has 2 atom stereocenters. The zero-order valence-electron chi connectivity index (χ0n) is 9.89. The molecular weight excluding hydrogens is 248 g/mol. The van der Waals surface area contributed by atoms with Crippen molar-refractivity contribution in [3.8, 4) is 0 Å². The van der Waals surface area contributed by atoms with Gasteiger partial charge in [0.05, 0.1) is 11.8 Å². The van der Waals surface area contributed by atoms with Crippen LogP contribution in [0, 0.1) is 11.8 Å². The summed E-state index contributed by atoms with van der Waals surface area (Å²) in [5.41, 5.74) is 0. The molecule has 0 rings (SSSR count). The Hall–Kier alpha value is -0.360. The molecule has 0 bridgehead atoms. The smallest absolute Gasteiger partial charge is 0.307 e. The molecule has 16 heavy (non-hydrogen) atoms. The van der Waals surface area contributed by atoms with E-state index < -0.39 is 28.5 Å². The summed E-state index contributed by atoms with van der Waals surface area (Å²) in [5, 5.41) is 17.6. The highest BCUT2D eigenvalue weighted by Crippen LogP contribution is 2.41. The van der Waals surface area contributed by atoms with Gasteiger partial charge in [0.1, 0.15) is 0 Å². The molecule has 0 amide bonds. The van der Waals surface area contributed by atoms with Crippen LogP contribution in [0.2, 0.25) is 0 Å². The van der Waals surface area contributed by atoms with Crippen molar-refractivity contribution in [2.24, 2.45) is 11.8 Å². The Balaban J connectivity index is 4.09. The molecule has 4 nitrogen and oxygen atoms in total. The third-order valence-electron chi connectivity index (χ3n) is 2.43. The van der Waals surface area contributed by atoms with E-state index in [0.717, 1.165) is 0 Å². The van der Waals surface area contributed by atoms with Crippen LogP contribution in [0.15, 0.2) is 0 Å². The predicted octanol–water partition coefficient (Wildman–Crippen LogP) is 2.59. The highest BCUT2D eigenvalue weighted by molar-refractivity contribution is 8.77. The number of carboxylic acid groups (broad SMARTS) is 2. The lowest BCUT2D eigenvalue weighted by Gasteiger charge is -2.27. The predicted molar refractivity (Wildman–Crippen MR) is 67.7 cm³/mol. The van der Waals surface area contributed by atoms with Crippen LogP contribution >= 0.6 is 21.6 Å². The number of hydrogen-bond donors (Lipinski definition) is 2. The Morgan fingerprint density at radius 3 is 2.06 bits per heavy atom. The van der Waals surface area contributed by atoms with Crippen molar-refractivity contribution in [3.05, 3.63) is 0 Å². The summed E-state index contributed by atoms with van der Waals surface area (Å²) in [6.07, 6.45) is 0. The molecule has 2 N–H and O–H groups in total.